The molecule has 0 unspecified atom stereocenters. The van der Waals surface area contributed by atoms with Gasteiger partial charge in [-0.3, -0.25) is 9.78 Å². The van der Waals surface area contributed by atoms with Crippen molar-refractivity contribution >= 4 is 16.8 Å². The molecule has 0 spiro atoms. The maximum absolute atomic E-state index is 12.9. The quantitative estimate of drug-likeness (QED) is 0.927. The molecule has 2 heterocycles. The summed E-state index contributed by atoms with van der Waals surface area (Å²) >= 11 is 0. The third-order valence-electron chi connectivity index (χ3n) is 4.88. The molecule has 0 bridgehead atoms. The van der Waals surface area contributed by atoms with Gasteiger partial charge < -0.3 is 10.6 Å². The second-order valence-corrected chi connectivity index (χ2v) is 6.83. The van der Waals surface area contributed by atoms with Crippen LogP contribution in [0.2, 0.25) is 0 Å². The highest BCUT2D eigenvalue weighted by atomic mass is 16.2. The summed E-state index contributed by atoms with van der Waals surface area (Å²) in [5, 5.41) is 1.02. The molecular formula is C19H25N3O. The number of likely N-dealkylation sites (tertiary alicyclic amines) is 1. The smallest absolute Gasteiger partial charge is 0.255 e. The highest BCUT2D eigenvalue weighted by molar-refractivity contribution is 5.98. The minimum atomic E-state index is 0.0859. The fourth-order valence-electron chi connectivity index (χ4n) is 3.38. The number of hydrogen-bond acceptors (Lipinski definition) is 3. The first-order chi connectivity index (χ1) is 11.0. The van der Waals surface area contributed by atoms with Crippen molar-refractivity contribution in [2.45, 2.75) is 39.7 Å². The van der Waals surface area contributed by atoms with Crippen molar-refractivity contribution in [3.05, 3.63) is 41.1 Å². The number of amides is 1. The monoisotopic (exact) mass is 311 g/mol. The number of fused-ring (bicyclic) bond motifs is 1. The van der Waals surface area contributed by atoms with Gasteiger partial charge in [0.1, 0.15) is 0 Å². The third-order valence-corrected chi connectivity index (χ3v) is 4.88. The second kappa shape index (κ2) is 6.28. The second-order valence-electron chi connectivity index (χ2n) is 6.83. The van der Waals surface area contributed by atoms with Crippen molar-refractivity contribution in [1.82, 2.24) is 9.88 Å². The van der Waals surface area contributed by atoms with E-state index in [1.165, 1.54) is 5.56 Å². The first kappa shape index (κ1) is 15.9. The fraction of sp³-hybridized carbons (Fsp3) is 0.474. The SMILES string of the molecule is Cc1ccc2cc(C(=O)N3CCC[C@H]([C@@H](C)N)C3)c(C)nc2c1. The first-order valence-corrected chi connectivity index (χ1v) is 8.38. The maximum Gasteiger partial charge on any atom is 0.255 e. The number of rotatable bonds is 2. The lowest BCUT2D eigenvalue weighted by Crippen LogP contribution is -2.45. The molecule has 4 heteroatoms. The minimum absolute atomic E-state index is 0.0859. The molecule has 1 aliphatic rings. The van der Waals surface area contributed by atoms with Crippen molar-refractivity contribution in [2.24, 2.45) is 11.7 Å². The van der Waals surface area contributed by atoms with Crippen molar-refractivity contribution in [1.29, 1.82) is 0 Å². The van der Waals surface area contributed by atoms with E-state index in [2.05, 4.69) is 24.0 Å². The Hall–Kier alpha value is -1.94. The number of nitrogens with two attached hydrogens (primary N) is 1. The van der Waals surface area contributed by atoms with E-state index in [4.69, 9.17) is 5.73 Å². The zero-order chi connectivity index (χ0) is 16.6. The van der Waals surface area contributed by atoms with Crippen LogP contribution in [0.4, 0.5) is 0 Å². The van der Waals surface area contributed by atoms with E-state index in [9.17, 15) is 4.79 Å². The van der Waals surface area contributed by atoms with Crippen LogP contribution < -0.4 is 5.73 Å². The fourth-order valence-corrected chi connectivity index (χ4v) is 3.38. The van der Waals surface area contributed by atoms with Crippen LogP contribution in [0.3, 0.4) is 0 Å². The number of carbonyl (C=O) groups is 1. The van der Waals surface area contributed by atoms with Gasteiger partial charge in [-0.1, -0.05) is 12.1 Å². The number of aromatic nitrogens is 1. The van der Waals surface area contributed by atoms with Crippen LogP contribution in [0.15, 0.2) is 24.3 Å². The lowest BCUT2D eigenvalue weighted by Gasteiger charge is -2.34. The van der Waals surface area contributed by atoms with E-state index >= 15 is 0 Å². The standard InChI is InChI=1S/C19H25N3O/c1-12-6-7-15-10-17(14(3)21-18(15)9-12)19(23)22-8-4-5-16(11-22)13(2)20/h6-7,9-10,13,16H,4-5,8,11,20H2,1-3H3/t13-,16+/m1/s1. The lowest BCUT2D eigenvalue weighted by atomic mass is 9.91. The molecule has 1 saturated heterocycles. The summed E-state index contributed by atoms with van der Waals surface area (Å²) in [5.74, 6) is 0.479. The van der Waals surface area contributed by atoms with Crippen LogP contribution >= 0.6 is 0 Å². The Morgan fingerprint density at radius 3 is 2.87 bits per heavy atom. The molecule has 1 aliphatic heterocycles. The maximum atomic E-state index is 12.9. The van der Waals surface area contributed by atoms with Gasteiger partial charge >= 0.3 is 0 Å². The summed E-state index contributed by atoms with van der Waals surface area (Å²) in [6.07, 6.45) is 2.13. The van der Waals surface area contributed by atoms with E-state index in [1.807, 2.05) is 30.9 Å². The van der Waals surface area contributed by atoms with Crippen molar-refractivity contribution < 1.29 is 4.79 Å². The summed E-state index contributed by atoms with van der Waals surface area (Å²) in [4.78, 5) is 19.5. The Morgan fingerprint density at radius 2 is 2.13 bits per heavy atom. The zero-order valence-electron chi connectivity index (χ0n) is 14.2. The zero-order valence-corrected chi connectivity index (χ0v) is 14.2. The van der Waals surface area contributed by atoms with Crippen LogP contribution in [0.25, 0.3) is 10.9 Å². The topological polar surface area (TPSA) is 59.2 Å². The van der Waals surface area contributed by atoms with Crippen molar-refractivity contribution in [2.75, 3.05) is 13.1 Å². The molecule has 2 atom stereocenters. The van der Waals surface area contributed by atoms with Gasteiger partial charge in [0, 0.05) is 24.5 Å². The Kier molecular flexibility index (Phi) is 4.35. The molecule has 0 radical (unpaired) electrons. The van der Waals surface area contributed by atoms with Crippen LogP contribution in [0.1, 0.15) is 41.4 Å². The molecule has 0 saturated carbocycles. The van der Waals surface area contributed by atoms with Gasteiger partial charge in [-0.05, 0) is 57.2 Å². The average Bonchev–Trinajstić information content (AvgIpc) is 2.53. The predicted molar refractivity (Wildman–Crippen MR) is 93.5 cm³/mol. The molecule has 1 amide bonds. The summed E-state index contributed by atoms with van der Waals surface area (Å²) < 4.78 is 0. The highest BCUT2D eigenvalue weighted by Crippen LogP contribution is 2.23. The normalized spacial score (nSPS) is 19.8. The van der Waals surface area contributed by atoms with Gasteiger partial charge in [0.15, 0.2) is 0 Å². The highest BCUT2D eigenvalue weighted by Gasteiger charge is 2.27. The number of hydrogen-bond donors (Lipinski definition) is 1. The molecular weight excluding hydrogens is 286 g/mol. The van der Waals surface area contributed by atoms with E-state index in [0.717, 1.165) is 42.5 Å². The molecule has 0 aliphatic carbocycles. The van der Waals surface area contributed by atoms with Crippen LogP contribution in [0.5, 0.6) is 0 Å². The first-order valence-electron chi connectivity index (χ1n) is 8.38. The van der Waals surface area contributed by atoms with Gasteiger partial charge in [0.05, 0.1) is 16.8 Å². The molecule has 3 rings (SSSR count). The van der Waals surface area contributed by atoms with Crippen LogP contribution in [-0.2, 0) is 0 Å². The Balaban J connectivity index is 1.91. The molecule has 1 fully saturated rings. The van der Waals surface area contributed by atoms with Gasteiger partial charge in [-0.25, -0.2) is 0 Å². The van der Waals surface area contributed by atoms with Gasteiger partial charge in [0.25, 0.3) is 5.91 Å². The number of pyridine rings is 1. The summed E-state index contributed by atoms with van der Waals surface area (Å²) in [7, 11) is 0. The molecule has 122 valence electrons. The Morgan fingerprint density at radius 1 is 1.35 bits per heavy atom. The lowest BCUT2D eigenvalue weighted by molar-refractivity contribution is 0.0660. The molecule has 1 aromatic carbocycles. The van der Waals surface area contributed by atoms with E-state index in [1.54, 1.807) is 0 Å². The number of aryl methyl sites for hydroxylation is 2. The van der Waals surface area contributed by atoms with Crippen molar-refractivity contribution in [3.8, 4) is 0 Å². The van der Waals surface area contributed by atoms with Crippen LogP contribution in [0, 0.1) is 19.8 Å². The van der Waals surface area contributed by atoms with E-state index < -0.39 is 0 Å². The predicted octanol–water partition coefficient (Wildman–Crippen LogP) is 3.05. The van der Waals surface area contributed by atoms with Crippen molar-refractivity contribution in [3.63, 3.8) is 0 Å². The Labute approximate surface area is 137 Å². The van der Waals surface area contributed by atoms with Gasteiger partial charge in [0.2, 0.25) is 0 Å². The van der Waals surface area contributed by atoms with Gasteiger partial charge in [-0.15, -0.1) is 0 Å². The molecule has 23 heavy (non-hydrogen) atoms. The number of carbonyl (C=O) groups excluding carboxylic acids is 1. The Bertz CT molecular complexity index is 739. The summed E-state index contributed by atoms with van der Waals surface area (Å²) in [6.45, 7) is 7.57. The third kappa shape index (κ3) is 3.22. The summed E-state index contributed by atoms with van der Waals surface area (Å²) in [6, 6.07) is 8.26. The van der Waals surface area contributed by atoms with Gasteiger partial charge in [-0.2, -0.15) is 0 Å². The number of piperidine rings is 1. The van der Waals surface area contributed by atoms with E-state index in [0.29, 0.717) is 11.5 Å². The average molecular weight is 311 g/mol. The summed E-state index contributed by atoms with van der Waals surface area (Å²) in [5.41, 5.74) is 9.68. The minimum Gasteiger partial charge on any atom is -0.338 e. The number of benzene rings is 1. The number of nitrogens with zero attached hydrogens (tertiary/aromatic N) is 2. The molecule has 4 nitrogen and oxygen atoms in total. The molecule has 1 aromatic heterocycles. The molecule has 2 aromatic rings. The van der Waals surface area contributed by atoms with E-state index in [-0.39, 0.29) is 11.9 Å². The molecule has 2 N–H and O–H groups in total. The largest absolute Gasteiger partial charge is 0.338 e. The van der Waals surface area contributed by atoms with Crippen LogP contribution in [-0.4, -0.2) is 34.9 Å².